The number of carbonyl (C=O) groups excluding carboxylic acids is 2. The van der Waals surface area contributed by atoms with Crippen LogP contribution in [0.4, 0.5) is 0 Å². The van der Waals surface area contributed by atoms with E-state index in [0.29, 0.717) is 25.3 Å². The molecule has 30 heavy (non-hydrogen) atoms. The first-order valence-corrected chi connectivity index (χ1v) is 10.2. The summed E-state index contributed by atoms with van der Waals surface area (Å²) in [5.41, 5.74) is 3.85. The Bertz CT molecular complexity index is 1170. The highest BCUT2D eigenvalue weighted by molar-refractivity contribution is 6.10. The van der Waals surface area contributed by atoms with Gasteiger partial charge in [0.25, 0.3) is 5.91 Å². The van der Waals surface area contributed by atoms with Gasteiger partial charge in [0.15, 0.2) is 0 Å². The fourth-order valence-electron chi connectivity index (χ4n) is 4.68. The molecule has 2 fully saturated rings. The van der Waals surface area contributed by atoms with Gasteiger partial charge >= 0.3 is 5.97 Å². The zero-order valence-electron chi connectivity index (χ0n) is 17.1. The maximum absolute atomic E-state index is 13.3. The first kappa shape index (κ1) is 18.7. The number of likely N-dealkylation sites (tertiary alicyclic amines) is 1. The fraction of sp³-hybridized carbons (Fsp3) is 0.280. The van der Waals surface area contributed by atoms with Crippen LogP contribution in [-0.4, -0.2) is 43.6 Å². The van der Waals surface area contributed by atoms with Gasteiger partial charge in [0.1, 0.15) is 5.75 Å². The molecule has 1 amide bonds. The van der Waals surface area contributed by atoms with Gasteiger partial charge in [-0.1, -0.05) is 42.5 Å². The number of fused-ring (bicyclic) bond motifs is 2. The molecule has 2 atom stereocenters. The molecule has 0 aliphatic carbocycles. The summed E-state index contributed by atoms with van der Waals surface area (Å²) in [5.74, 6) is 0.573. The van der Waals surface area contributed by atoms with Crippen molar-refractivity contribution in [2.24, 2.45) is 11.8 Å². The lowest BCUT2D eigenvalue weighted by Crippen LogP contribution is -2.31. The summed E-state index contributed by atoms with van der Waals surface area (Å²) in [6, 6.07) is 18.0. The molecule has 2 aliphatic heterocycles. The Hall–Kier alpha value is -3.34. The highest BCUT2D eigenvalue weighted by Crippen LogP contribution is 2.35. The number of ether oxygens (including phenoxy) is 2. The van der Waals surface area contributed by atoms with Crippen LogP contribution in [-0.2, 0) is 9.53 Å². The Kier molecular flexibility index (Phi) is 4.46. The van der Waals surface area contributed by atoms with Gasteiger partial charge in [0.05, 0.1) is 19.6 Å². The van der Waals surface area contributed by atoms with Crippen molar-refractivity contribution >= 4 is 22.6 Å². The number of methoxy groups -OCH3 is 1. The zero-order chi connectivity index (χ0) is 20.8. The van der Waals surface area contributed by atoms with E-state index in [1.165, 1.54) is 0 Å². The quantitative estimate of drug-likeness (QED) is 0.621. The number of carbonyl (C=O) groups is 2. The van der Waals surface area contributed by atoms with Crippen LogP contribution in [0.2, 0.25) is 0 Å². The highest BCUT2D eigenvalue weighted by Gasteiger charge is 2.45. The van der Waals surface area contributed by atoms with E-state index in [1.54, 1.807) is 12.0 Å². The Morgan fingerprint density at radius 1 is 1.07 bits per heavy atom. The second-order valence-electron chi connectivity index (χ2n) is 8.10. The van der Waals surface area contributed by atoms with E-state index in [0.717, 1.165) is 33.2 Å². The SMILES string of the molecule is COc1cc(-c2cccc3c(C(=O)N4C[C@@H]5COC(=O)[C@@H]5C4)cccc23)ccc1C. The lowest BCUT2D eigenvalue weighted by molar-refractivity contribution is -0.141. The van der Waals surface area contributed by atoms with E-state index in [2.05, 4.69) is 12.1 Å². The third-order valence-corrected chi connectivity index (χ3v) is 6.34. The van der Waals surface area contributed by atoms with Gasteiger partial charge in [0.2, 0.25) is 0 Å². The second-order valence-corrected chi connectivity index (χ2v) is 8.10. The predicted molar refractivity (Wildman–Crippen MR) is 115 cm³/mol. The fourth-order valence-corrected chi connectivity index (χ4v) is 4.68. The van der Waals surface area contributed by atoms with Gasteiger partial charge in [-0.3, -0.25) is 9.59 Å². The first-order valence-electron chi connectivity index (χ1n) is 10.2. The lowest BCUT2D eigenvalue weighted by atomic mass is 9.94. The van der Waals surface area contributed by atoms with Crippen LogP contribution in [0.15, 0.2) is 54.6 Å². The number of aryl methyl sites for hydroxylation is 1. The molecule has 0 saturated carbocycles. The number of nitrogens with zero attached hydrogens (tertiary/aromatic N) is 1. The maximum Gasteiger partial charge on any atom is 0.311 e. The number of cyclic esters (lactones) is 1. The molecule has 2 saturated heterocycles. The maximum atomic E-state index is 13.3. The summed E-state index contributed by atoms with van der Waals surface area (Å²) in [7, 11) is 1.67. The van der Waals surface area contributed by atoms with Gasteiger partial charge in [0, 0.05) is 24.6 Å². The van der Waals surface area contributed by atoms with Crippen LogP contribution in [0.25, 0.3) is 21.9 Å². The van der Waals surface area contributed by atoms with Crippen molar-refractivity contribution in [1.29, 1.82) is 0 Å². The van der Waals surface area contributed by atoms with Crippen molar-refractivity contribution in [3.8, 4) is 16.9 Å². The lowest BCUT2D eigenvalue weighted by Gasteiger charge is -2.19. The Balaban J connectivity index is 1.55. The zero-order valence-corrected chi connectivity index (χ0v) is 17.1. The minimum Gasteiger partial charge on any atom is -0.496 e. The van der Waals surface area contributed by atoms with Gasteiger partial charge < -0.3 is 14.4 Å². The molecular formula is C25H23NO4. The van der Waals surface area contributed by atoms with E-state index < -0.39 is 0 Å². The van der Waals surface area contributed by atoms with E-state index in [1.807, 2.05) is 49.4 Å². The molecule has 5 heteroatoms. The normalized spacial score (nSPS) is 20.3. The van der Waals surface area contributed by atoms with Crippen molar-refractivity contribution in [2.45, 2.75) is 6.92 Å². The number of hydrogen-bond acceptors (Lipinski definition) is 4. The van der Waals surface area contributed by atoms with E-state index in [-0.39, 0.29) is 23.7 Å². The largest absolute Gasteiger partial charge is 0.496 e. The summed E-state index contributed by atoms with van der Waals surface area (Å²) in [4.78, 5) is 27.0. The number of rotatable bonds is 3. The molecule has 0 aromatic heterocycles. The van der Waals surface area contributed by atoms with Gasteiger partial charge in [-0.05, 0) is 46.5 Å². The molecule has 0 unspecified atom stereocenters. The van der Waals surface area contributed by atoms with E-state index >= 15 is 0 Å². The van der Waals surface area contributed by atoms with Crippen LogP contribution in [0.5, 0.6) is 5.75 Å². The molecule has 5 nitrogen and oxygen atoms in total. The van der Waals surface area contributed by atoms with Crippen molar-refractivity contribution in [3.05, 3.63) is 65.7 Å². The number of esters is 1. The number of benzene rings is 3. The Morgan fingerprint density at radius 3 is 2.67 bits per heavy atom. The average Bonchev–Trinajstić information content (AvgIpc) is 3.35. The smallest absolute Gasteiger partial charge is 0.311 e. The van der Waals surface area contributed by atoms with Crippen molar-refractivity contribution in [3.63, 3.8) is 0 Å². The van der Waals surface area contributed by atoms with Crippen LogP contribution >= 0.6 is 0 Å². The van der Waals surface area contributed by atoms with E-state index in [9.17, 15) is 9.59 Å². The van der Waals surface area contributed by atoms with Crippen LogP contribution < -0.4 is 4.74 Å². The van der Waals surface area contributed by atoms with Crippen molar-refractivity contribution in [2.75, 3.05) is 26.8 Å². The van der Waals surface area contributed by atoms with Crippen LogP contribution in [0, 0.1) is 18.8 Å². The third kappa shape index (κ3) is 2.93. The summed E-state index contributed by atoms with van der Waals surface area (Å²) in [6.45, 7) is 3.44. The molecule has 152 valence electrons. The topological polar surface area (TPSA) is 55.8 Å². The van der Waals surface area contributed by atoms with Gasteiger partial charge in [-0.25, -0.2) is 0 Å². The number of amides is 1. The minimum absolute atomic E-state index is 0.0264. The van der Waals surface area contributed by atoms with Gasteiger partial charge in [-0.15, -0.1) is 0 Å². The molecule has 3 aromatic carbocycles. The number of hydrogen-bond donors (Lipinski definition) is 0. The summed E-state index contributed by atoms with van der Waals surface area (Å²) >= 11 is 0. The predicted octanol–water partition coefficient (Wildman–Crippen LogP) is 4.07. The van der Waals surface area contributed by atoms with Gasteiger partial charge in [-0.2, -0.15) is 0 Å². The van der Waals surface area contributed by atoms with Crippen molar-refractivity contribution < 1.29 is 19.1 Å². The molecule has 5 rings (SSSR count). The molecule has 0 radical (unpaired) electrons. The molecule has 3 aromatic rings. The minimum atomic E-state index is -0.181. The molecular weight excluding hydrogens is 378 g/mol. The molecule has 0 spiro atoms. The second kappa shape index (κ2) is 7.17. The van der Waals surface area contributed by atoms with Crippen LogP contribution in [0.3, 0.4) is 0 Å². The monoisotopic (exact) mass is 401 g/mol. The summed E-state index contributed by atoms with van der Waals surface area (Å²) < 4.78 is 10.6. The van der Waals surface area contributed by atoms with Crippen molar-refractivity contribution in [1.82, 2.24) is 4.90 Å². The molecule has 2 aliphatic rings. The molecule has 2 heterocycles. The Morgan fingerprint density at radius 2 is 1.87 bits per heavy atom. The summed E-state index contributed by atoms with van der Waals surface area (Å²) in [6.07, 6.45) is 0. The molecule has 0 N–H and O–H groups in total. The molecule has 0 bridgehead atoms. The standard InChI is InChI=1S/C25H23NO4/c1-15-9-10-16(11-23(15)29-2)18-5-3-7-20-19(18)6-4-8-21(20)24(27)26-12-17-14-30-25(28)22(17)13-26/h3-11,17,22H,12-14H2,1-2H3/t17-,22-/m1/s1. The average molecular weight is 401 g/mol. The summed E-state index contributed by atoms with van der Waals surface area (Å²) in [5, 5.41) is 1.94. The third-order valence-electron chi connectivity index (χ3n) is 6.34. The first-order chi connectivity index (χ1) is 14.6. The van der Waals surface area contributed by atoms with Crippen LogP contribution in [0.1, 0.15) is 15.9 Å². The Labute approximate surface area is 175 Å². The van der Waals surface area contributed by atoms with E-state index in [4.69, 9.17) is 9.47 Å². The highest BCUT2D eigenvalue weighted by atomic mass is 16.5.